The lowest BCUT2D eigenvalue weighted by Gasteiger charge is -2.19. The van der Waals surface area contributed by atoms with Gasteiger partial charge in [-0.15, -0.1) is 0 Å². The zero-order valence-corrected chi connectivity index (χ0v) is 16.6. The van der Waals surface area contributed by atoms with Crippen LogP contribution in [-0.2, 0) is 17.4 Å². The number of halogens is 3. The summed E-state index contributed by atoms with van der Waals surface area (Å²) in [4.78, 5) is 28.6. The Morgan fingerprint density at radius 2 is 1.83 bits per heavy atom. The number of amides is 2. The summed E-state index contributed by atoms with van der Waals surface area (Å²) in [5.41, 5.74) is -0.479. The molecule has 1 aromatic carbocycles. The van der Waals surface area contributed by atoms with Crippen LogP contribution in [0.15, 0.2) is 34.9 Å². The molecule has 29 heavy (non-hydrogen) atoms. The highest BCUT2D eigenvalue weighted by Crippen LogP contribution is 2.29. The largest absolute Gasteiger partial charge is 0.446 e. The summed E-state index contributed by atoms with van der Waals surface area (Å²) in [5.74, 6) is -0.839. The molecule has 6 nitrogen and oxygen atoms in total. The molecule has 0 saturated carbocycles. The van der Waals surface area contributed by atoms with E-state index in [1.165, 1.54) is 18.4 Å². The van der Waals surface area contributed by atoms with E-state index in [-0.39, 0.29) is 35.5 Å². The van der Waals surface area contributed by atoms with E-state index in [0.717, 1.165) is 12.1 Å². The molecule has 0 aliphatic heterocycles. The van der Waals surface area contributed by atoms with Crippen molar-refractivity contribution in [1.82, 2.24) is 15.6 Å². The Labute approximate surface area is 166 Å². The highest BCUT2D eigenvalue weighted by Gasteiger charge is 2.31. The third-order valence-corrected chi connectivity index (χ3v) is 4.04. The van der Waals surface area contributed by atoms with Gasteiger partial charge in [0.25, 0.3) is 5.91 Å². The van der Waals surface area contributed by atoms with Crippen molar-refractivity contribution in [2.24, 2.45) is 5.92 Å². The van der Waals surface area contributed by atoms with Crippen molar-refractivity contribution in [3.8, 4) is 0 Å². The predicted octanol–water partition coefficient (Wildman–Crippen LogP) is 3.89. The standard InChI is InChI=1S/C20H24F3N3O3/c1-11(2)17(19-25-15(10-29-19)18(28)24-12(3)4)26-16(27)9-13-6-5-7-14(8-13)20(21,22)23/h5-8,10-12,17H,9H2,1-4H3,(H,24,28)(H,26,27)/t17-/m0/s1. The number of rotatable bonds is 7. The van der Waals surface area contributed by atoms with Gasteiger partial charge in [0.1, 0.15) is 12.3 Å². The van der Waals surface area contributed by atoms with Gasteiger partial charge in [-0.3, -0.25) is 9.59 Å². The first-order valence-electron chi connectivity index (χ1n) is 9.19. The minimum absolute atomic E-state index is 0.0734. The number of nitrogens with zero attached hydrogens (tertiary/aromatic N) is 1. The number of carbonyl (C=O) groups is 2. The molecule has 0 unspecified atom stereocenters. The summed E-state index contributed by atoms with van der Waals surface area (Å²) in [5, 5.41) is 5.42. The maximum absolute atomic E-state index is 12.8. The van der Waals surface area contributed by atoms with E-state index in [9.17, 15) is 22.8 Å². The Hall–Kier alpha value is -2.84. The number of benzene rings is 1. The van der Waals surface area contributed by atoms with E-state index in [0.29, 0.717) is 0 Å². The van der Waals surface area contributed by atoms with Crippen molar-refractivity contribution in [2.75, 3.05) is 0 Å². The second-order valence-corrected chi connectivity index (χ2v) is 7.36. The van der Waals surface area contributed by atoms with Crippen LogP contribution in [0.1, 0.15) is 61.2 Å². The third-order valence-electron chi connectivity index (χ3n) is 4.04. The summed E-state index contributed by atoms with van der Waals surface area (Å²) in [6.07, 6.45) is -3.49. The molecule has 2 aromatic rings. The number of carbonyl (C=O) groups excluding carboxylic acids is 2. The molecule has 158 valence electrons. The highest BCUT2D eigenvalue weighted by atomic mass is 19.4. The minimum Gasteiger partial charge on any atom is -0.446 e. The Kier molecular flexibility index (Phi) is 7.05. The second kappa shape index (κ2) is 9.11. The number of alkyl halides is 3. The average molecular weight is 411 g/mol. The fraction of sp³-hybridized carbons (Fsp3) is 0.450. The minimum atomic E-state index is -4.47. The van der Waals surface area contributed by atoms with E-state index in [4.69, 9.17) is 4.42 Å². The lowest BCUT2D eigenvalue weighted by Crippen LogP contribution is -2.33. The van der Waals surface area contributed by atoms with E-state index < -0.39 is 29.6 Å². The van der Waals surface area contributed by atoms with Crippen molar-refractivity contribution in [2.45, 2.75) is 52.4 Å². The van der Waals surface area contributed by atoms with Crippen LogP contribution in [0.25, 0.3) is 0 Å². The normalized spacial score (nSPS) is 12.9. The van der Waals surface area contributed by atoms with Gasteiger partial charge in [-0.1, -0.05) is 32.0 Å². The zero-order chi connectivity index (χ0) is 21.8. The maximum Gasteiger partial charge on any atom is 0.416 e. The molecule has 2 N–H and O–H groups in total. The van der Waals surface area contributed by atoms with Gasteiger partial charge in [-0.25, -0.2) is 4.98 Å². The predicted molar refractivity (Wildman–Crippen MR) is 100.0 cm³/mol. The average Bonchev–Trinajstić information content (AvgIpc) is 3.08. The van der Waals surface area contributed by atoms with Crippen molar-refractivity contribution in [3.63, 3.8) is 0 Å². The lowest BCUT2D eigenvalue weighted by molar-refractivity contribution is -0.137. The molecule has 0 saturated heterocycles. The van der Waals surface area contributed by atoms with Gasteiger partial charge in [0.2, 0.25) is 11.8 Å². The molecular formula is C20H24F3N3O3. The van der Waals surface area contributed by atoms with Crippen molar-refractivity contribution >= 4 is 11.8 Å². The number of aromatic nitrogens is 1. The third kappa shape index (κ3) is 6.33. The number of hydrogen-bond acceptors (Lipinski definition) is 4. The van der Waals surface area contributed by atoms with Gasteiger partial charge >= 0.3 is 6.18 Å². The summed E-state index contributed by atoms with van der Waals surface area (Å²) in [6, 6.07) is 3.92. The van der Waals surface area contributed by atoms with E-state index in [1.54, 1.807) is 0 Å². The molecule has 2 rings (SSSR count). The molecule has 0 radical (unpaired) electrons. The summed E-state index contributed by atoms with van der Waals surface area (Å²) in [7, 11) is 0. The van der Waals surface area contributed by atoms with Crippen LogP contribution in [0, 0.1) is 5.92 Å². The molecule has 0 aliphatic carbocycles. The molecule has 1 aromatic heterocycles. The van der Waals surface area contributed by atoms with Crippen LogP contribution in [0.3, 0.4) is 0 Å². The molecule has 1 heterocycles. The Balaban J connectivity index is 2.10. The van der Waals surface area contributed by atoms with Gasteiger partial charge < -0.3 is 15.1 Å². The molecule has 1 atom stereocenters. The Morgan fingerprint density at radius 1 is 1.14 bits per heavy atom. The number of oxazole rings is 1. The summed E-state index contributed by atoms with van der Waals surface area (Å²) < 4.78 is 43.9. The zero-order valence-electron chi connectivity index (χ0n) is 16.6. The molecular weight excluding hydrogens is 387 g/mol. The second-order valence-electron chi connectivity index (χ2n) is 7.36. The first-order valence-corrected chi connectivity index (χ1v) is 9.19. The van der Waals surface area contributed by atoms with E-state index in [2.05, 4.69) is 15.6 Å². The molecule has 9 heteroatoms. The van der Waals surface area contributed by atoms with Crippen molar-refractivity contribution in [1.29, 1.82) is 0 Å². The fourth-order valence-corrected chi connectivity index (χ4v) is 2.65. The molecule has 0 fully saturated rings. The van der Waals surface area contributed by atoms with Gasteiger partial charge in [0.15, 0.2) is 5.69 Å². The Morgan fingerprint density at radius 3 is 2.41 bits per heavy atom. The van der Waals surface area contributed by atoms with E-state index >= 15 is 0 Å². The van der Waals surface area contributed by atoms with Gasteiger partial charge in [0, 0.05) is 6.04 Å². The van der Waals surface area contributed by atoms with Crippen LogP contribution < -0.4 is 10.6 Å². The van der Waals surface area contributed by atoms with Crippen molar-refractivity contribution < 1.29 is 27.2 Å². The SMILES string of the molecule is CC(C)NC(=O)c1coc([C@@H](NC(=O)Cc2cccc(C(F)(F)F)c2)C(C)C)n1. The molecule has 0 aliphatic rings. The fourth-order valence-electron chi connectivity index (χ4n) is 2.65. The maximum atomic E-state index is 12.8. The van der Waals surface area contributed by atoms with Gasteiger partial charge in [-0.05, 0) is 31.4 Å². The quantitative estimate of drug-likeness (QED) is 0.724. The smallest absolute Gasteiger partial charge is 0.416 e. The van der Waals surface area contributed by atoms with Crippen LogP contribution in [0.4, 0.5) is 13.2 Å². The molecule has 0 spiro atoms. The number of nitrogens with one attached hydrogen (secondary N) is 2. The van der Waals surface area contributed by atoms with Crippen LogP contribution in [-0.4, -0.2) is 22.8 Å². The van der Waals surface area contributed by atoms with E-state index in [1.807, 2.05) is 27.7 Å². The van der Waals surface area contributed by atoms with Gasteiger partial charge in [0.05, 0.1) is 12.0 Å². The highest BCUT2D eigenvalue weighted by molar-refractivity contribution is 5.92. The monoisotopic (exact) mass is 411 g/mol. The first-order chi connectivity index (χ1) is 13.5. The van der Waals surface area contributed by atoms with Crippen LogP contribution in [0.5, 0.6) is 0 Å². The van der Waals surface area contributed by atoms with Crippen LogP contribution in [0.2, 0.25) is 0 Å². The first kappa shape index (κ1) is 22.4. The molecule has 0 bridgehead atoms. The van der Waals surface area contributed by atoms with Gasteiger partial charge in [-0.2, -0.15) is 13.2 Å². The lowest BCUT2D eigenvalue weighted by atomic mass is 10.0. The van der Waals surface area contributed by atoms with Crippen molar-refractivity contribution in [3.05, 3.63) is 53.2 Å². The topological polar surface area (TPSA) is 84.2 Å². The molecule has 2 amide bonds. The number of hydrogen-bond donors (Lipinski definition) is 2. The summed E-state index contributed by atoms with van der Waals surface area (Å²) in [6.45, 7) is 7.27. The Bertz CT molecular complexity index is 860. The van der Waals surface area contributed by atoms with Crippen LogP contribution >= 0.6 is 0 Å². The summed E-state index contributed by atoms with van der Waals surface area (Å²) >= 11 is 0.